The smallest absolute Gasteiger partial charge is 0.243 e. The molecule has 2 fully saturated rings. The van der Waals surface area contributed by atoms with Gasteiger partial charge in [0.25, 0.3) is 0 Å². The van der Waals surface area contributed by atoms with Crippen LogP contribution in [0.15, 0.2) is 4.52 Å². The molecule has 0 spiro atoms. The van der Waals surface area contributed by atoms with Crippen LogP contribution in [-0.4, -0.2) is 27.9 Å². The van der Waals surface area contributed by atoms with Crippen LogP contribution in [0.25, 0.3) is 0 Å². The zero-order valence-corrected chi connectivity index (χ0v) is 11.5. The fraction of sp³-hybridized carbons (Fsp3) is 0.857. The third-order valence-electron chi connectivity index (χ3n) is 4.65. The average molecular weight is 265 g/mol. The third kappa shape index (κ3) is 2.82. The van der Waals surface area contributed by atoms with E-state index in [1.54, 1.807) is 0 Å². The van der Waals surface area contributed by atoms with E-state index in [9.17, 15) is 5.11 Å². The molecule has 0 bridgehead atoms. The van der Waals surface area contributed by atoms with Crippen LogP contribution in [0.1, 0.15) is 69.1 Å². The third-order valence-corrected chi connectivity index (χ3v) is 4.65. The summed E-state index contributed by atoms with van der Waals surface area (Å²) in [5.41, 5.74) is 0. The van der Waals surface area contributed by atoms with Crippen LogP contribution < -0.4 is 5.32 Å². The van der Waals surface area contributed by atoms with Crippen LogP contribution in [0, 0.1) is 5.92 Å². The quantitative estimate of drug-likeness (QED) is 0.876. The number of hydrogen-bond donors (Lipinski definition) is 2. The summed E-state index contributed by atoms with van der Waals surface area (Å²) >= 11 is 0. The van der Waals surface area contributed by atoms with Crippen LogP contribution in [0.2, 0.25) is 0 Å². The van der Waals surface area contributed by atoms with Crippen molar-refractivity contribution in [1.29, 1.82) is 0 Å². The van der Waals surface area contributed by atoms with Gasteiger partial charge in [-0.3, -0.25) is 0 Å². The molecule has 5 heteroatoms. The first-order valence-corrected chi connectivity index (χ1v) is 7.51. The molecular weight excluding hydrogens is 242 g/mol. The molecule has 0 amide bonds. The van der Waals surface area contributed by atoms with Gasteiger partial charge in [-0.2, -0.15) is 4.98 Å². The van der Waals surface area contributed by atoms with Crippen molar-refractivity contribution < 1.29 is 9.63 Å². The molecule has 1 aliphatic heterocycles. The van der Waals surface area contributed by atoms with Gasteiger partial charge in [-0.1, -0.05) is 18.5 Å². The highest BCUT2D eigenvalue weighted by atomic mass is 16.5. The summed E-state index contributed by atoms with van der Waals surface area (Å²) in [6.45, 7) is 2.89. The second-order valence-corrected chi connectivity index (χ2v) is 5.97. The minimum atomic E-state index is -0.291. The molecule has 1 saturated heterocycles. The maximum absolute atomic E-state index is 9.52. The van der Waals surface area contributed by atoms with E-state index in [-0.39, 0.29) is 12.1 Å². The molecule has 0 radical (unpaired) electrons. The predicted octanol–water partition coefficient (Wildman–Crippen LogP) is 2.15. The Kier molecular flexibility index (Phi) is 3.84. The first-order valence-electron chi connectivity index (χ1n) is 7.51. The topological polar surface area (TPSA) is 71.2 Å². The van der Waals surface area contributed by atoms with Crippen LogP contribution in [0.4, 0.5) is 0 Å². The molecule has 106 valence electrons. The molecule has 5 nitrogen and oxygen atoms in total. The molecule has 2 atom stereocenters. The maximum Gasteiger partial charge on any atom is 0.243 e. The lowest BCUT2D eigenvalue weighted by atomic mass is 9.80. The largest absolute Gasteiger partial charge is 0.392 e. The van der Waals surface area contributed by atoms with Gasteiger partial charge in [0.2, 0.25) is 5.89 Å². The van der Waals surface area contributed by atoms with Gasteiger partial charge in [0, 0.05) is 12.5 Å². The Labute approximate surface area is 113 Å². The van der Waals surface area contributed by atoms with E-state index in [1.807, 2.05) is 0 Å². The van der Waals surface area contributed by atoms with Gasteiger partial charge in [0.15, 0.2) is 5.82 Å². The highest BCUT2D eigenvalue weighted by Gasteiger charge is 2.30. The summed E-state index contributed by atoms with van der Waals surface area (Å²) in [6.07, 6.45) is 6.59. The van der Waals surface area contributed by atoms with E-state index in [0.29, 0.717) is 24.8 Å². The van der Waals surface area contributed by atoms with E-state index in [1.165, 1.54) is 32.1 Å². The number of aromatic nitrogens is 2. The predicted molar refractivity (Wildman–Crippen MR) is 70.7 cm³/mol. The Balaban J connectivity index is 1.62. The van der Waals surface area contributed by atoms with Crippen molar-refractivity contribution in [3.8, 4) is 0 Å². The van der Waals surface area contributed by atoms with Gasteiger partial charge in [-0.15, -0.1) is 0 Å². The summed E-state index contributed by atoms with van der Waals surface area (Å²) in [6, 6.07) is 0.0308. The molecule has 1 aromatic rings. The van der Waals surface area contributed by atoms with Crippen molar-refractivity contribution in [3.63, 3.8) is 0 Å². The van der Waals surface area contributed by atoms with Crippen LogP contribution in [0.3, 0.4) is 0 Å². The lowest BCUT2D eigenvalue weighted by Gasteiger charge is -2.25. The molecule has 0 aromatic carbocycles. The number of aliphatic hydroxyl groups is 1. The van der Waals surface area contributed by atoms with E-state index in [4.69, 9.17) is 4.52 Å². The molecule has 1 saturated carbocycles. The highest BCUT2D eigenvalue weighted by molar-refractivity contribution is 5.02. The molecule has 3 rings (SSSR count). The standard InChI is InChI=1S/C14H23N3O2/c1-2-9-3-5-10(6-4-9)13-16-14(19-17-13)12-7-11(18)8-15-12/h9-12,15,18H,2-8H2,1H3. The molecule has 2 heterocycles. The zero-order valence-electron chi connectivity index (χ0n) is 11.5. The summed E-state index contributed by atoms with van der Waals surface area (Å²) in [7, 11) is 0. The van der Waals surface area contributed by atoms with Crippen LogP contribution >= 0.6 is 0 Å². The SMILES string of the molecule is CCC1CCC(c2noc(C3CC(O)CN3)n2)CC1. The molecule has 1 aromatic heterocycles. The van der Waals surface area contributed by atoms with Gasteiger partial charge in [0.1, 0.15) is 0 Å². The fourth-order valence-corrected chi connectivity index (χ4v) is 3.29. The Morgan fingerprint density at radius 3 is 2.74 bits per heavy atom. The Morgan fingerprint density at radius 2 is 2.11 bits per heavy atom. The number of β-amino-alcohol motifs (C(OH)–C–C–N with tert-alkyl or cyclic N) is 1. The second kappa shape index (κ2) is 5.59. The van der Waals surface area contributed by atoms with Gasteiger partial charge >= 0.3 is 0 Å². The number of nitrogens with one attached hydrogen (secondary N) is 1. The fourth-order valence-electron chi connectivity index (χ4n) is 3.29. The Hall–Kier alpha value is -0.940. The van der Waals surface area contributed by atoms with Gasteiger partial charge < -0.3 is 14.9 Å². The monoisotopic (exact) mass is 265 g/mol. The first kappa shape index (κ1) is 13.1. The normalized spacial score (nSPS) is 35.7. The summed E-state index contributed by atoms with van der Waals surface area (Å²) < 4.78 is 5.37. The van der Waals surface area contributed by atoms with E-state index in [2.05, 4.69) is 22.4 Å². The Morgan fingerprint density at radius 1 is 1.32 bits per heavy atom. The maximum atomic E-state index is 9.52. The van der Waals surface area contributed by atoms with Gasteiger partial charge in [0.05, 0.1) is 12.1 Å². The van der Waals surface area contributed by atoms with E-state index in [0.717, 1.165) is 11.7 Å². The van der Waals surface area contributed by atoms with Crippen molar-refractivity contribution in [2.75, 3.05) is 6.54 Å². The van der Waals surface area contributed by atoms with Crippen molar-refractivity contribution in [3.05, 3.63) is 11.7 Å². The molecule has 1 aliphatic carbocycles. The van der Waals surface area contributed by atoms with Crippen molar-refractivity contribution in [1.82, 2.24) is 15.5 Å². The Bertz CT molecular complexity index is 413. The number of rotatable bonds is 3. The minimum absolute atomic E-state index is 0.0308. The van der Waals surface area contributed by atoms with Crippen LogP contribution in [-0.2, 0) is 0 Å². The lowest BCUT2D eigenvalue weighted by molar-refractivity contribution is 0.191. The van der Waals surface area contributed by atoms with Crippen LogP contribution in [0.5, 0.6) is 0 Å². The van der Waals surface area contributed by atoms with Crippen molar-refractivity contribution >= 4 is 0 Å². The first-order chi connectivity index (χ1) is 9.26. The minimum Gasteiger partial charge on any atom is -0.392 e. The van der Waals surface area contributed by atoms with Crippen molar-refractivity contribution in [2.24, 2.45) is 5.92 Å². The summed E-state index contributed by atoms with van der Waals surface area (Å²) in [4.78, 5) is 4.55. The molecule has 2 N–H and O–H groups in total. The molecule has 2 aliphatic rings. The average Bonchev–Trinajstić information content (AvgIpc) is 3.07. The summed E-state index contributed by atoms with van der Waals surface area (Å²) in [5, 5.41) is 16.9. The van der Waals surface area contributed by atoms with Gasteiger partial charge in [-0.25, -0.2) is 0 Å². The zero-order chi connectivity index (χ0) is 13.2. The number of hydrogen-bond acceptors (Lipinski definition) is 5. The number of aliphatic hydroxyl groups excluding tert-OH is 1. The molecule has 2 unspecified atom stereocenters. The summed E-state index contributed by atoms with van der Waals surface area (Å²) in [5.74, 6) is 2.86. The van der Waals surface area contributed by atoms with E-state index >= 15 is 0 Å². The highest BCUT2D eigenvalue weighted by Crippen LogP contribution is 2.36. The molecular formula is C14H23N3O2. The molecule has 19 heavy (non-hydrogen) atoms. The second-order valence-electron chi connectivity index (χ2n) is 5.97. The number of nitrogens with zero attached hydrogens (tertiary/aromatic N) is 2. The lowest BCUT2D eigenvalue weighted by Crippen LogP contribution is -2.16. The van der Waals surface area contributed by atoms with E-state index < -0.39 is 0 Å². The van der Waals surface area contributed by atoms with Crippen molar-refractivity contribution in [2.45, 2.75) is 63.5 Å². The van der Waals surface area contributed by atoms with Gasteiger partial charge in [-0.05, 0) is 38.0 Å².